The van der Waals surface area contributed by atoms with Gasteiger partial charge in [0.2, 0.25) is 10.0 Å². The summed E-state index contributed by atoms with van der Waals surface area (Å²) in [5, 5.41) is 2.72. The molecule has 1 amide bonds. The minimum atomic E-state index is -3.54. The fourth-order valence-corrected chi connectivity index (χ4v) is 4.77. The molecule has 0 aromatic heterocycles. The largest absolute Gasteiger partial charge is 0.494 e. The van der Waals surface area contributed by atoms with Crippen molar-refractivity contribution < 1.29 is 22.7 Å². The van der Waals surface area contributed by atoms with Gasteiger partial charge < -0.3 is 19.7 Å². The van der Waals surface area contributed by atoms with E-state index in [0.717, 1.165) is 31.8 Å². The normalized spacial score (nSPS) is 15.3. The van der Waals surface area contributed by atoms with Crippen LogP contribution in [0.5, 0.6) is 11.5 Å². The van der Waals surface area contributed by atoms with Gasteiger partial charge in [-0.15, -0.1) is 0 Å². The first kappa shape index (κ1) is 24.0. The van der Waals surface area contributed by atoms with Crippen LogP contribution in [0.4, 0.5) is 5.69 Å². The molecule has 1 aliphatic heterocycles. The van der Waals surface area contributed by atoms with Gasteiger partial charge in [-0.2, -0.15) is 4.31 Å². The molecule has 9 heteroatoms. The van der Waals surface area contributed by atoms with E-state index in [1.807, 2.05) is 6.92 Å². The van der Waals surface area contributed by atoms with Gasteiger partial charge >= 0.3 is 0 Å². The minimum Gasteiger partial charge on any atom is -0.494 e. The lowest BCUT2D eigenvalue weighted by Gasteiger charge is -2.33. The molecule has 1 saturated heterocycles. The van der Waals surface area contributed by atoms with E-state index < -0.39 is 10.0 Å². The third kappa shape index (κ3) is 6.44. The van der Waals surface area contributed by atoms with Crippen molar-refractivity contribution >= 4 is 21.6 Å². The predicted octanol–water partition coefficient (Wildman–Crippen LogP) is 2.82. The summed E-state index contributed by atoms with van der Waals surface area (Å²) >= 11 is 0. The van der Waals surface area contributed by atoms with Crippen LogP contribution in [-0.2, 0) is 14.8 Å². The molecule has 0 saturated carbocycles. The zero-order valence-corrected chi connectivity index (χ0v) is 19.4. The lowest BCUT2D eigenvalue weighted by atomic mass is 10.3. The van der Waals surface area contributed by atoms with Crippen molar-refractivity contribution in [3.05, 3.63) is 48.5 Å². The predicted molar refractivity (Wildman–Crippen MR) is 124 cm³/mol. The van der Waals surface area contributed by atoms with Crippen molar-refractivity contribution in [3.63, 3.8) is 0 Å². The molecule has 32 heavy (non-hydrogen) atoms. The molecule has 3 rings (SSSR count). The number of benzene rings is 2. The average Bonchev–Trinajstić information content (AvgIpc) is 2.82. The molecule has 1 fully saturated rings. The maximum Gasteiger partial charge on any atom is 0.262 e. The van der Waals surface area contributed by atoms with E-state index in [0.29, 0.717) is 31.1 Å². The fraction of sp³-hybridized carbons (Fsp3) is 0.435. The Morgan fingerprint density at radius 1 is 0.906 bits per heavy atom. The molecule has 8 nitrogen and oxygen atoms in total. The van der Waals surface area contributed by atoms with E-state index in [9.17, 15) is 13.2 Å². The van der Waals surface area contributed by atoms with Gasteiger partial charge in [0, 0.05) is 31.9 Å². The van der Waals surface area contributed by atoms with Crippen LogP contribution in [0.25, 0.3) is 0 Å². The highest BCUT2D eigenvalue weighted by atomic mass is 32.2. The van der Waals surface area contributed by atoms with Gasteiger partial charge in [-0.25, -0.2) is 8.42 Å². The average molecular weight is 462 g/mol. The van der Waals surface area contributed by atoms with Crippen molar-refractivity contribution in [1.82, 2.24) is 9.21 Å². The molecule has 2 aromatic rings. The number of amides is 1. The summed E-state index contributed by atoms with van der Waals surface area (Å²) in [6.45, 7) is 7.96. The highest BCUT2D eigenvalue weighted by Gasteiger charge is 2.27. The Kier molecular flexibility index (Phi) is 8.49. The molecular weight excluding hydrogens is 430 g/mol. The third-order valence-electron chi connectivity index (χ3n) is 5.22. The number of nitrogens with zero attached hydrogens (tertiary/aromatic N) is 2. The van der Waals surface area contributed by atoms with E-state index in [-0.39, 0.29) is 17.4 Å². The molecular formula is C23H31N3O5S. The van der Waals surface area contributed by atoms with Crippen LogP contribution in [0, 0.1) is 0 Å². The molecule has 1 heterocycles. The van der Waals surface area contributed by atoms with Gasteiger partial charge in [0.1, 0.15) is 11.5 Å². The first-order chi connectivity index (χ1) is 15.4. The molecule has 2 aromatic carbocycles. The van der Waals surface area contributed by atoms with Gasteiger partial charge in [-0.05, 0) is 61.5 Å². The van der Waals surface area contributed by atoms with E-state index in [2.05, 4.69) is 17.1 Å². The molecule has 0 atom stereocenters. The number of rotatable bonds is 10. The highest BCUT2D eigenvalue weighted by Crippen LogP contribution is 2.20. The van der Waals surface area contributed by atoms with E-state index in [4.69, 9.17) is 9.47 Å². The van der Waals surface area contributed by atoms with Crippen molar-refractivity contribution in [2.75, 3.05) is 51.3 Å². The van der Waals surface area contributed by atoms with Crippen molar-refractivity contribution in [2.45, 2.75) is 25.2 Å². The molecule has 0 unspecified atom stereocenters. The van der Waals surface area contributed by atoms with Gasteiger partial charge in [-0.3, -0.25) is 4.79 Å². The van der Waals surface area contributed by atoms with Crippen molar-refractivity contribution in [2.24, 2.45) is 0 Å². The maximum atomic E-state index is 12.8. The Bertz CT molecular complexity index is 970. The summed E-state index contributed by atoms with van der Waals surface area (Å²) < 4.78 is 38.2. The first-order valence-electron chi connectivity index (χ1n) is 10.9. The first-order valence-corrected chi connectivity index (χ1v) is 12.3. The number of piperazine rings is 1. The fourth-order valence-electron chi connectivity index (χ4n) is 3.34. The number of carbonyl (C=O) groups is 1. The lowest BCUT2D eigenvalue weighted by Crippen LogP contribution is -2.48. The van der Waals surface area contributed by atoms with Crippen LogP contribution < -0.4 is 14.8 Å². The number of sulfonamides is 1. The monoisotopic (exact) mass is 461 g/mol. The maximum absolute atomic E-state index is 12.8. The molecule has 1 aliphatic rings. The zero-order chi connectivity index (χ0) is 23.0. The van der Waals surface area contributed by atoms with Crippen LogP contribution in [-0.4, -0.2) is 69.5 Å². The van der Waals surface area contributed by atoms with E-state index >= 15 is 0 Å². The Labute approximate surface area is 190 Å². The molecule has 0 bridgehead atoms. The Morgan fingerprint density at radius 2 is 1.50 bits per heavy atom. The summed E-state index contributed by atoms with van der Waals surface area (Å²) in [6.07, 6.45) is 0.932. The van der Waals surface area contributed by atoms with Gasteiger partial charge in [0.25, 0.3) is 5.91 Å². The van der Waals surface area contributed by atoms with E-state index in [1.165, 1.54) is 16.4 Å². The van der Waals surface area contributed by atoms with Crippen molar-refractivity contribution in [1.29, 1.82) is 0 Å². The number of nitrogens with one attached hydrogen (secondary N) is 1. The second-order valence-corrected chi connectivity index (χ2v) is 9.46. The molecule has 0 aliphatic carbocycles. The summed E-state index contributed by atoms with van der Waals surface area (Å²) in [5.41, 5.74) is 0.511. The number of likely N-dealkylation sites (N-methyl/N-ethyl adjacent to an activating group) is 1. The van der Waals surface area contributed by atoms with Crippen LogP contribution in [0.15, 0.2) is 53.4 Å². The third-order valence-corrected chi connectivity index (χ3v) is 7.13. The number of ether oxygens (including phenoxy) is 2. The lowest BCUT2D eigenvalue weighted by molar-refractivity contribution is -0.118. The number of hydrogen-bond donors (Lipinski definition) is 1. The molecule has 1 N–H and O–H groups in total. The Balaban J connectivity index is 1.50. The van der Waals surface area contributed by atoms with Crippen LogP contribution in [0.3, 0.4) is 0 Å². The van der Waals surface area contributed by atoms with Gasteiger partial charge in [0.15, 0.2) is 6.61 Å². The highest BCUT2D eigenvalue weighted by molar-refractivity contribution is 7.89. The summed E-state index contributed by atoms with van der Waals surface area (Å²) in [6, 6.07) is 13.3. The van der Waals surface area contributed by atoms with Crippen molar-refractivity contribution in [3.8, 4) is 11.5 Å². The number of hydrogen-bond acceptors (Lipinski definition) is 6. The minimum absolute atomic E-state index is 0.156. The Hall–Kier alpha value is -2.62. The Morgan fingerprint density at radius 3 is 2.06 bits per heavy atom. The summed E-state index contributed by atoms with van der Waals surface area (Å²) in [4.78, 5) is 14.6. The topological polar surface area (TPSA) is 88.2 Å². The second kappa shape index (κ2) is 11.3. The molecule has 0 spiro atoms. The van der Waals surface area contributed by atoms with Crippen LogP contribution in [0.2, 0.25) is 0 Å². The summed E-state index contributed by atoms with van der Waals surface area (Å²) in [5.74, 6) is 0.988. The summed E-state index contributed by atoms with van der Waals surface area (Å²) in [7, 11) is -3.54. The van der Waals surface area contributed by atoms with Crippen LogP contribution in [0.1, 0.15) is 20.3 Å². The number of carbonyl (C=O) groups excluding carboxylic acids is 1. The van der Waals surface area contributed by atoms with E-state index in [1.54, 1.807) is 36.4 Å². The standard InChI is InChI=1S/C23H31N3O5S/c1-3-17-30-20-7-9-21(10-8-20)31-18-23(27)24-19-5-11-22(12-6-19)32(28,29)26-15-13-25(4-2)14-16-26/h5-12H,3-4,13-18H2,1-2H3,(H,24,27). The number of anilines is 1. The van der Waals surface area contributed by atoms with Gasteiger partial charge in [-0.1, -0.05) is 13.8 Å². The molecule has 174 valence electrons. The SMILES string of the molecule is CCCOc1ccc(OCC(=O)Nc2ccc(S(=O)(=O)N3CCN(CC)CC3)cc2)cc1. The zero-order valence-electron chi connectivity index (χ0n) is 18.6. The van der Waals surface area contributed by atoms with Crippen LogP contribution >= 0.6 is 0 Å². The molecule has 0 radical (unpaired) electrons. The smallest absolute Gasteiger partial charge is 0.262 e. The quantitative estimate of drug-likeness (QED) is 0.585. The van der Waals surface area contributed by atoms with Gasteiger partial charge in [0.05, 0.1) is 11.5 Å². The second-order valence-electron chi connectivity index (χ2n) is 7.52.